The molecular formula is C50H79N3O18P2. The van der Waals surface area contributed by atoms with E-state index in [1.165, 1.54) is 37.5 Å². The number of carbonyl (C=O) groups excluding carboxylic acids is 2. The van der Waals surface area contributed by atoms with Crippen molar-refractivity contribution in [3.8, 4) is 0 Å². The van der Waals surface area contributed by atoms with Crippen molar-refractivity contribution in [2.75, 3.05) is 25.6 Å². The average Bonchev–Trinajstić information content (AvgIpc) is 3.62. The SMILES string of the molecule is CC/C=C\C[C@@H](O)/C=C/C=C/C=C\C=C/[C@H](O)[C@@H](O)CCCC(=O)OC[C@H](COP(=O)(O)OP(=O)(O)OC[C@H]1O[C@@H](n2ccc(N)nc2=O)[C@H](O)[C@@H]1O)OC(=O)CCCCCCC/C=C\C/C=C\CCCCC. The molecule has 21 nitrogen and oxygen atoms in total. The molecule has 2 unspecified atom stereocenters. The summed E-state index contributed by atoms with van der Waals surface area (Å²) in [6, 6.07) is 1.22. The maximum absolute atomic E-state index is 12.9. The number of esters is 2. The minimum atomic E-state index is -5.51. The minimum Gasteiger partial charge on any atom is -0.462 e. The molecule has 9 N–H and O–H groups in total. The van der Waals surface area contributed by atoms with E-state index in [9.17, 15) is 58.8 Å². The summed E-state index contributed by atoms with van der Waals surface area (Å²) in [6.45, 7) is 1.57. The highest BCUT2D eigenvalue weighted by molar-refractivity contribution is 7.61. The van der Waals surface area contributed by atoms with Crippen LogP contribution < -0.4 is 11.4 Å². The first-order chi connectivity index (χ1) is 34.9. The van der Waals surface area contributed by atoms with Crippen LogP contribution in [0.2, 0.25) is 0 Å². The van der Waals surface area contributed by atoms with Gasteiger partial charge in [-0.15, -0.1) is 0 Å². The maximum Gasteiger partial charge on any atom is 0.481 e. The van der Waals surface area contributed by atoms with E-state index >= 15 is 0 Å². The quantitative estimate of drug-likeness (QED) is 0.0110. The fourth-order valence-corrected chi connectivity index (χ4v) is 8.91. The summed E-state index contributed by atoms with van der Waals surface area (Å²) in [6.07, 6.45) is 27.4. The van der Waals surface area contributed by atoms with Gasteiger partial charge in [0.25, 0.3) is 0 Å². The van der Waals surface area contributed by atoms with E-state index in [4.69, 9.17) is 29.0 Å². The lowest BCUT2D eigenvalue weighted by atomic mass is 10.1. The van der Waals surface area contributed by atoms with Crippen molar-refractivity contribution in [2.24, 2.45) is 0 Å². The third kappa shape index (κ3) is 30.1. The van der Waals surface area contributed by atoms with Crippen LogP contribution >= 0.6 is 15.6 Å². The van der Waals surface area contributed by atoms with E-state index in [0.717, 1.165) is 55.7 Å². The van der Waals surface area contributed by atoms with Crippen molar-refractivity contribution < 1.29 is 81.6 Å². The summed E-state index contributed by atoms with van der Waals surface area (Å²) >= 11 is 0. The first-order valence-electron chi connectivity index (χ1n) is 24.9. The highest BCUT2D eigenvalue weighted by Gasteiger charge is 2.46. The summed E-state index contributed by atoms with van der Waals surface area (Å²) in [4.78, 5) is 61.9. The van der Waals surface area contributed by atoms with Gasteiger partial charge in [-0.1, -0.05) is 131 Å². The zero-order valence-electron chi connectivity index (χ0n) is 42.0. The molecule has 1 aliphatic heterocycles. The number of nitrogens with two attached hydrogens (primary N) is 1. The number of hydrogen-bond acceptors (Lipinski definition) is 18. The maximum atomic E-state index is 12.9. The van der Waals surface area contributed by atoms with Gasteiger partial charge in [0, 0.05) is 19.0 Å². The highest BCUT2D eigenvalue weighted by atomic mass is 31.3. The second-order valence-corrected chi connectivity index (χ2v) is 20.2. The lowest BCUT2D eigenvalue weighted by molar-refractivity contribution is -0.161. The Bertz CT molecular complexity index is 2110. The molecule has 0 amide bonds. The second-order valence-electron chi connectivity index (χ2n) is 17.1. The summed E-state index contributed by atoms with van der Waals surface area (Å²) in [5.74, 6) is -1.68. The Morgan fingerprint density at radius 3 is 2.10 bits per heavy atom. The van der Waals surface area contributed by atoms with E-state index in [0.29, 0.717) is 19.3 Å². The van der Waals surface area contributed by atoms with Crippen molar-refractivity contribution in [2.45, 2.75) is 172 Å². The zero-order chi connectivity index (χ0) is 53.9. The van der Waals surface area contributed by atoms with E-state index in [1.807, 2.05) is 19.1 Å². The number of ether oxygens (including phenoxy) is 3. The highest BCUT2D eigenvalue weighted by Crippen LogP contribution is 2.60. The first kappa shape index (κ1) is 64.9. The third-order valence-corrected chi connectivity index (χ3v) is 13.4. The number of unbranched alkanes of at least 4 members (excludes halogenated alkanes) is 8. The van der Waals surface area contributed by atoms with Gasteiger partial charge in [0.1, 0.15) is 30.7 Å². The molecular weight excluding hydrogens is 993 g/mol. The van der Waals surface area contributed by atoms with Crippen LogP contribution in [0.1, 0.15) is 129 Å². The Morgan fingerprint density at radius 2 is 1.41 bits per heavy atom. The Kier molecular flexibility index (Phi) is 33.4. The van der Waals surface area contributed by atoms with Crippen LogP contribution in [0.3, 0.4) is 0 Å². The Hall–Kier alpha value is -4.18. The van der Waals surface area contributed by atoms with Crippen molar-refractivity contribution in [1.29, 1.82) is 0 Å². The van der Waals surface area contributed by atoms with Gasteiger partial charge in [-0.05, 0) is 70.3 Å². The lowest BCUT2D eigenvalue weighted by Gasteiger charge is -2.21. The monoisotopic (exact) mass is 1070 g/mol. The van der Waals surface area contributed by atoms with Gasteiger partial charge < -0.3 is 55.3 Å². The number of hydrogen-bond donors (Lipinski definition) is 8. The number of allylic oxidation sites excluding steroid dienone is 11. The molecule has 0 aliphatic carbocycles. The standard InChI is InChI=1S/C50H79N3O18P2/c1-3-5-7-8-9-10-11-12-13-14-15-16-17-22-26-32-46(58)69-40(36-66-45(57)33-27-31-42(56)41(55)30-25-21-19-18-20-24-29-39(54)28-23-6-4-2)37-67-72(62,63)71-73(64,65)68-38-43-47(59)48(60)49(70-43)53-35-34-44(51)52-50(53)61/h6,9-10,12-13,18-21,23-25,29-30,34-35,39-43,47-49,54-56,59-60H,3-5,7-8,11,14-17,22,26-28,31-33,36-38H2,1-2H3,(H,62,63)(H,64,65)(H2,51,52,61)/b10-9-,13-12-,20-18+,21-19-,23-6-,29-24+,30-25-/t39-,40-,41+,42+,43-,47-,48-,49-/m1/s1. The number of aliphatic hydroxyl groups is 5. The van der Waals surface area contributed by atoms with Gasteiger partial charge in [0.15, 0.2) is 12.3 Å². The van der Waals surface area contributed by atoms with Gasteiger partial charge in [-0.2, -0.15) is 9.29 Å². The molecule has 1 aliphatic rings. The molecule has 2 rings (SSSR count). The summed E-state index contributed by atoms with van der Waals surface area (Å²) in [7, 11) is -11.0. The second kappa shape index (κ2) is 37.5. The van der Waals surface area contributed by atoms with Crippen LogP contribution in [-0.4, -0.2) is 119 Å². The van der Waals surface area contributed by atoms with Crippen molar-refractivity contribution >= 4 is 33.4 Å². The number of phosphoric acid groups is 2. The lowest BCUT2D eigenvalue weighted by Crippen LogP contribution is -2.36. The molecule has 23 heteroatoms. The molecule has 412 valence electrons. The molecule has 10 atom stereocenters. The number of aliphatic hydroxyl groups excluding tert-OH is 5. The molecule has 0 saturated carbocycles. The molecule has 0 aromatic carbocycles. The van der Waals surface area contributed by atoms with E-state index in [1.54, 1.807) is 36.5 Å². The fraction of sp³-hybridized carbons (Fsp3) is 0.600. The number of anilines is 1. The number of nitrogen functional groups attached to an aromatic ring is 1. The number of nitrogens with zero attached hydrogens (tertiary/aromatic N) is 2. The van der Waals surface area contributed by atoms with Crippen molar-refractivity contribution in [3.05, 3.63) is 108 Å². The van der Waals surface area contributed by atoms with Gasteiger partial charge in [-0.3, -0.25) is 23.2 Å². The first-order valence-corrected chi connectivity index (χ1v) is 27.9. The van der Waals surface area contributed by atoms with E-state index < -0.39 is 102 Å². The molecule has 73 heavy (non-hydrogen) atoms. The minimum absolute atomic E-state index is 0.00127. The predicted octanol–water partition coefficient (Wildman–Crippen LogP) is 6.80. The summed E-state index contributed by atoms with van der Waals surface area (Å²) in [5.41, 5.74) is 4.55. The molecule has 1 saturated heterocycles. The van der Waals surface area contributed by atoms with Gasteiger partial charge >= 0.3 is 33.3 Å². The Labute approximate surface area is 428 Å². The smallest absolute Gasteiger partial charge is 0.462 e. The third-order valence-electron chi connectivity index (χ3n) is 10.8. The zero-order valence-corrected chi connectivity index (χ0v) is 43.8. The number of aromatic nitrogens is 2. The van der Waals surface area contributed by atoms with E-state index in [2.05, 4.69) is 40.5 Å². The molecule has 1 fully saturated rings. The van der Waals surface area contributed by atoms with Gasteiger partial charge in [0.05, 0.1) is 31.5 Å². The Balaban J connectivity index is 1.90. The largest absolute Gasteiger partial charge is 0.481 e. The number of rotatable bonds is 39. The van der Waals surface area contributed by atoms with Crippen LogP contribution in [0.4, 0.5) is 5.82 Å². The average molecular weight is 1070 g/mol. The van der Waals surface area contributed by atoms with Gasteiger partial charge in [0.2, 0.25) is 0 Å². The topological polar surface area (TPSA) is 326 Å². The summed E-state index contributed by atoms with van der Waals surface area (Å²) in [5, 5.41) is 51.5. The molecule has 0 spiro atoms. The van der Waals surface area contributed by atoms with Crippen molar-refractivity contribution in [3.63, 3.8) is 0 Å². The van der Waals surface area contributed by atoms with Crippen LogP contribution in [0, 0.1) is 0 Å². The fourth-order valence-electron chi connectivity index (χ4n) is 6.80. The Morgan fingerprint density at radius 1 is 0.781 bits per heavy atom. The van der Waals surface area contributed by atoms with Gasteiger partial charge in [-0.25, -0.2) is 13.9 Å². The predicted molar refractivity (Wildman–Crippen MR) is 274 cm³/mol. The van der Waals surface area contributed by atoms with E-state index in [-0.39, 0.29) is 31.5 Å². The van der Waals surface area contributed by atoms with Crippen molar-refractivity contribution in [1.82, 2.24) is 9.55 Å². The van der Waals surface area contributed by atoms with Crippen LogP contribution in [-0.2, 0) is 46.3 Å². The molecule has 1 aromatic rings. The normalized spacial score (nSPS) is 21.0. The molecule has 1 aromatic heterocycles. The van der Waals surface area contributed by atoms with Crippen LogP contribution in [0.25, 0.3) is 0 Å². The number of carbonyl (C=O) groups is 2. The molecule has 2 heterocycles. The molecule has 0 radical (unpaired) electrons. The molecule has 0 bridgehead atoms. The van der Waals surface area contributed by atoms with Crippen LogP contribution in [0.15, 0.2) is 102 Å². The number of phosphoric ester groups is 2. The van der Waals surface area contributed by atoms with Crippen LogP contribution in [0.5, 0.6) is 0 Å². The summed E-state index contributed by atoms with van der Waals surface area (Å²) < 4.78 is 56.4.